The second kappa shape index (κ2) is 7.83. The number of nitrogens with one attached hydrogen (secondary N) is 1. The Hall–Kier alpha value is -2.55. The highest BCUT2D eigenvalue weighted by Gasteiger charge is 2.49. The lowest BCUT2D eigenvalue weighted by molar-refractivity contribution is -0.246. The summed E-state index contributed by atoms with van der Waals surface area (Å²) >= 11 is 0. The van der Waals surface area contributed by atoms with E-state index in [1.807, 2.05) is 44.2 Å². The molecule has 0 aliphatic carbocycles. The molecule has 152 valence electrons. The maximum absolute atomic E-state index is 13.1. The first-order valence-corrected chi connectivity index (χ1v) is 9.09. The van der Waals surface area contributed by atoms with Crippen LogP contribution in [-0.2, 0) is 4.74 Å². The molecule has 1 aliphatic heterocycles. The molecular formula is C19H23F3N4O2. The van der Waals surface area contributed by atoms with E-state index in [-0.39, 0.29) is 19.1 Å². The molecule has 1 aromatic heterocycles. The lowest BCUT2D eigenvalue weighted by Crippen LogP contribution is -2.58. The molecule has 0 bridgehead atoms. The second-order valence-corrected chi connectivity index (χ2v) is 7.04. The van der Waals surface area contributed by atoms with Crippen LogP contribution in [0.15, 0.2) is 36.5 Å². The molecule has 1 fully saturated rings. The first-order valence-electron chi connectivity index (χ1n) is 9.09. The number of benzene rings is 1. The van der Waals surface area contributed by atoms with E-state index in [2.05, 4.69) is 10.4 Å². The van der Waals surface area contributed by atoms with Gasteiger partial charge in [-0.3, -0.25) is 0 Å². The summed E-state index contributed by atoms with van der Waals surface area (Å²) in [4.78, 5) is 13.9. The fraction of sp³-hybridized carbons (Fsp3) is 0.474. The number of alkyl halides is 3. The van der Waals surface area contributed by atoms with Gasteiger partial charge < -0.3 is 15.0 Å². The Morgan fingerprint density at radius 1 is 1.29 bits per heavy atom. The van der Waals surface area contributed by atoms with Crippen LogP contribution in [0.25, 0.3) is 5.69 Å². The van der Waals surface area contributed by atoms with Gasteiger partial charge in [-0.15, -0.1) is 0 Å². The molecule has 0 saturated carbocycles. The first kappa shape index (κ1) is 20.2. The number of para-hydroxylation sites is 1. The zero-order valence-electron chi connectivity index (χ0n) is 15.9. The molecule has 3 rings (SSSR count). The minimum Gasteiger partial charge on any atom is -0.365 e. The van der Waals surface area contributed by atoms with Crippen LogP contribution in [0.3, 0.4) is 0 Å². The number of carbonyl (C=O) groups is 1. The van der Waals surface area contributed by atoms with Gasteiger partial charge in [-0.1, -0.05) is 32.0 Å². The van der Waals surface area contributed by atoms with Gasteiger partial charge in [-0.25, -0.2) is 9.48 Å². The summed E-state index contributed by atoms with van der Waals surface area (Å²) in [6.45, 7) is 5.19. The molecule has 2 heterocycles. The average molecular weight is 396 g/mol. The molecule has 2 aromatic rings. The number of halogens is 3. The van der Waals surface area contributed by atoms with Crippen molar-refractivity contribution >= 4 is 11.7 Å². The molecule has 0 radical (unpaired) electrons. The summed E-state index contributed by atoms with van der Waals surface area (Å²) in [5, 5.41) is 7.09. The van der Waals surface area contributed by atoms with Gasteiger partial charge >= 0.3 is 12.2 Å². The number of ether oxygens (including phenoxy) is 1. The molecular weight excluding hydrogens is 373 g/mol. The summed E-state index contributed by atoms with van der Waals surface area (Å²) in [5.41, 5.74) is 2.09. The van der Waals surface area contributed by atoms with Crippen molar-refractivity contribution in [2.45, 2.75) is 45.0 Å². The van der Waals surface area contributed by atoms with Crippen molar-refractivity contribution in [3.05, 3.63) is 42.2 Å². The highest BCUT2D eigenvalue weighted by Crippen LogP contribution is 2.31. The van der Waals surface area contributed by atoms with E-state index in [1.165, 1.54) is 13.1 Å². The largest absolute Gasteiger partial charge is 0.416 e. The number of anilines is 1. The zero-order chi connectivity index (χ0) is 20.5. The molecule has 0 unspecified atom stereocenters. The monoisotopic (exact) mass is 396 g/mol. The Labute approximate surface area is 161 Å². The topological polar surface area (TPSA) is 59.4 Å². The smallest absolute Gasteiger partial charge is 0.365 e. The van der Waals surface area contributed by atoms with Crippen LogP contribution in [0, 0.1) is 0 Å². The lowest BCUT2D eigenvalue weighted by atomic mass is 10.1. The SMILES string of the molecule is CC(C)c1c(NC(=O)N2CCO[C@H](C(F)(F)F)[C@@H]2C)cnn1-c1ccccc1. The summed E-state index contributed by atoms with van der Waals surface area (Å²) < 4.78 is 45.9. The van der Waals surface area contributed by atoms with Gasteiger partial charge in [0.05, 0.1) is 35.9 Å². The predicted molar refractivity (Wildman–Crippen MR) is 98.6 cm³/mol. The van der Waals surface area contributed by atoms with Gasteiger partial charge in [0.25, 0.3) is 0 Å². The summed E-state index contributed by atoms with van der Waals surface area (Å²) in [5.74, 6) is 0.0306. The molecule has 1 N–H and O–H groups in total. The number of carbonyl (C=O) groups excluding carboxylic acids is 1. The molecule has 28 heavy (non-hydrogen) atoms. The van der Waals surface area contributed by atoms with Crippen LogP contribution in [0.2, 0.25) is 0 Å². The van der Waals surface area contributed by atoms with Crippen LogP contribution in [0.1, 0.15) is 32.4 Å². The lowest BCUT2D eigenvalue weighted by Gasteiger charge is -2.39. The van der Waals surface area contributed by atoms with E-state index in [1.54, 1.807) is 4.68 Å². The Bertz CT molecular complexity index is 820. The maximum Gasteiger partial charge on any atom is 0.416 e. The van der Waals surface area contributed by atoms with Crippen LogP contribution >= 0.6 is 0 Å². The van der Waals surface area contributed by atoms with Gasteiger partial charge in [0, 0.05) is 6.54 Å². The Morgan fingerprint density at radius 2 is 1.96 bits per heavy atom. The summed E-state index contributed by atoms with van der Waals surface area (Å²) in [6.07, 6.45) is -5.00. The molecule has 2 amide bonds. The first-order chi connectivity index (χ1) is 13.2. The molecule has 0 spiro atoms. The Kier molecular flexibility index (Phi) is 5.64. The van der Waals surface area contributed by atoms with Crippen molar-refractivity contribution in [1.82, 2.24) is 14.7 Å². The third kappa shape index (κ3) is 3.99. The predicted octanol–water partition coefficient (Wildman–Crippen LogP) is 4.18. The number of urea groups is 1. The van der Waals surface area contributed by atoms with Crippen LogP contribution in [0.4, 0.5) is 23.7 Å². The third-order valence-corrected chi connectivity index (χ3v) is 4.74. The van der Waals surface area contributed by atoms with Crippen molar-refractivity contribution in [3.8, 4) is 5.69 Å². The molecule has 2 atom stereocenters. The normalized spacial score (nSPS) is 20.5. The van der Waals surface area contributed by atoms with Crippen LogP contribution in [-0.4, -0.2) is 52.2 Å². The molecule has 6 nitrogen and oxygen atoms in total. The number of rotatable bonds is 3. The van der Waals surface area contributed by atoms with Crippen molar-refractivity contribution in [2.75, 3.05) is 18.5 Å². The fourth-order valence-electron chi connectivity index (χ4n) is 3.41. The third-order valence-electron chi connectivity index (χ3n) is 4.74. The number of hydrogen-bond acceptors (Lipinski definition) is 3. The fourth-order valence-corrected chi connectivity index (χ4v) is 3.41. The van der Waals surface area contributed by atoms with Crippen molar-refractivity contribution in [1.29, 1.82) is 0 Å². The number of morpholine rings is 1. The van der Waals surface area contributed by atoms with E-state index in [4.69, 9.17) is 4.74 Å². The number of aromatic nitrogens is 2. The number of hydrogen-bond donors (Lipinski definition) is 1. The van der Waals surface area contributed by atoms with Gasteiger partial charge in [-0.2, -0.15) is 18.3 Å². The van der Waals surface area contributed by atoms with Crippen LogP contribution < -0.4 is 5.32 Å². The minimum absolute atomic E-state index is 0.0306. The molecule has 1 aromatic carbocycles. The Morgan fingerprint density at radius 3 is 2.57 bits per heavy atom. The van der Waals surface area contributed by atoms with Gasteiger partial charge in [0.1, 0.15) is 0 Å². The van der Waals surface area contributed by atoms with E-state index >= 15 is 0 Å². The van der Waals surface area contributed by atoms with E-state index in [0.717, 1.165) is 16.3 Å². The molecule has 9 heteroatoms. The van der Waals surface area contributed by atoms with Gasteiger partial charge in [0.15, 0.2) is 6.10 Å². The highest BCUT2D eigenvalue weighted by molar-refractivity contribution is 5.90. The van der Waals surface area contributed by atoms with Crippen molar-refractivity contribution < 1.29 is 22.7 Å². The minimum atomic E-state index is -4.53. The molecule has 1 saturated heterocycles. The zero-order valence-corrected chi connectivity index (χ0v) is 15.9. The average Bonchev–Trinajstić information content (AvgIpc) is 3.05. The molecule has 1 aliphatic rings. The standard InChI is InChI=1S/C19H23F3N4O2/c1-12(2)16-15(11-23-26(16)14-7-5-4-6-8-14)24-18(27)25-9-10-28-17(13(25)3)19(20,21)22/h4-8,11-13,17H,9-10H2,1-3H3,(H,24,27)/t13-,17-/m0/s1. The van der Waals surface area contributed by atoms with E-state index in [9.17, 15) is 18.0 Å². The quantitative estimate of drug-likeness (QED) is 0.847. The highest BCUT2D eigenvalue weighted by atomic mass is 19.4. The number of amides is 2. The second-order valence-electron chi connectivity index (χ2n) is 7.04. The van der Waals surface area contributed by atoms with Crippen molar-refractivity contribution in [2.24, 2.45) is 0 Å². The van der Waals surface area contributed by atoms with Crippen LogP contribution in [0.5, 0.6) is 0 Å². The summed E-state index contributed by atoms with van der Waals surface area (Å²) in [7, 11) is 0. The van der Waals surface area contributed by atoms with Gasteiger partial charge in [0.2, 0.25) is 0 Å². The van der Waals surface area contributed by atoms with Crippen molar-refractivity contribution in [3.63, 3.8) is 0 Å². The Balaban J connectivity index is 1.84. The number of nitrogens with zero attached hydrogens (tertiary/aromatic N) is 3. The maximum atomic E-state index is 13.1. The summed E-state index contributed by atoms with van der Waals surface area (Å²) in [6, 6.07) is 7.71. The van der Waals surface area contributed by atoms with Gasteiger partial charge in [-0.05, 0) is 25.0 Å². The van der Waals surface area contributed by atoms with E-state index < -0.39 is 24.4 Å². The van der Waals surface area contributed by atoms with E-state index in [0.29, 0.717) is 5.69 Å².